The van der Waals surface area contributed by atoms with Crippen LogP contribution in [-0.4, -0.2) is 41.9 Å². The van der Waals surface area contributed by atoms with E-state index in [1.807, 2.05) is 0 Å². The molecule has 0 unspecified atom stereocenters. The van der Waals surface area contributed by atoms with Crippen molar-refractivity contribution in [2.24, 2.45) is 0 Å². The molecule has 3 aromatic heterocycles. The standard InChI is InChI=1S/C18H9BrClF3N6O3/c19-8-4-7-6-25-27-13(7)12(17(31)32)14(8)26-16(30)10-5-11(18(21,22)23)28-29(10)15-9(20)2-1-3-24-15/h1-6H,(H,25,27)(H,26,30)(H,31,32). The number of carboxylic acid groups (broad SMARTS) is 1. The molecule has 0 saturated heterocycles. The number of alkyl halides is 3. The van der Waals surface area contributed by atoms with Crippen LogP contribution in [-0.2, 0) is 6.18 Å². The van der Waals surface area contributed by atoms with Gasteiger partial charge in [0, 0.05) is 22.1 Å². The number of H-pyrrole nitrogens is 1. The molecule has 4 aromatic rings. The van der Waals surface area contributed by atoms with E-state index in [2.05, 4.69) is 41.5 Å². The number of carbonyl (C=O) groups is 2. The van der Waals surface area contributed by atoms with Gasteiger partial charge < -0.3 is 10.4 Å². The molecule has 3 N–H and O–H groups in total. The van der Waals surface area contributed by atoms with E-state index in [9.17, 15) is 27.9 Å². The molecule has 0 atom stereocenters. The third-order valence-electron chi connectivity index (χ3n) is 4.31. The molecule has 0 fully saturated rings. The summed E-state index contributed by atoms with van der Waals surface area (Å²) in [5, 5.41) is 22.1. The quantitative estimate of drug-likeness (QED) is 0.357. The third-order valence-corrected chi connectivity index (χ3v) is 5.23. The summed E-state index contributed by atoms with van der Waals surface area (Å²) in [4.78, 5) is 28.8. The molecule has 0 spiro atoms. The van der Waals surface area contributed by atoms with Crippen LogP contribution in [0.25, 0.3) is 16.7 Å². The highest BCUT2D eigenvalue weighted by atomic mass is 79.9. The summed E-state index contributed by atoms with van der Waals surface area (Å²) in [6.07, 6.45) is -2.21. The van der Waals surface area contributed by atoms with Gasteiger partial charge in [-0.3, -0.25) is 9.89 Å². The van der Waals surface area contributed by atoms with Crippen molar-refractivity contribution >= 4 is 56.0 Å². The molecule has 0 aliphatic rings. The van der Waals surface area contributed by atoms with Gasteiger partial charge in [0.25, 0.3) is 5.91 Å². The molecule has 3 heterocycles. The van der Waals surface area contributed by atoms with E-state index >= 15 is 0 Å². The molecule has 0 aliphatic carbocycles. The Morgan fingerprint density at radius 3 is 2.69 bits per heavy atom. The van der Waals surface area contributed by atoms with E-state index in [-0.39, 0.29) is 32.1 Å². The maximum absolute atomic E-state index is 13.3. The number of carbonyl (C=O) groups excluding carboxylic acids is 1. The lowest BCUT2D eigenvalue weighted by atomic mass is 10.1. The number of rotatable bonds is 4. The summed E-state index contributed by atoms with van der Waals surface area (Å²) in [5.74, 6) is -2.68. The minimum Gasteiger partial charge on any atom is -0.478 e. The van der Waals surface area contributed by atoms with Gasteiger partial charge in [0.2, 0.25) is 0 Å². The first-order valence-corrected chi connectivity index (χ1v) is 9.73. The van der Waals surface area contributed by atoms with Gasteiger partial charge in [-0.1, -0.05) is 11.6 Å². The Hall–Kier alpha value is -3.45. The maximum atomic E-state index is 13.3. The number of hydrogen-bond acceptors (Lipinski definition) is 5. The van der Waals surface area contributed by atoms with E-state index in [4.69, 9.17) is 11.6 Å². The summed E-state index contributed by atoms with van der Waals surface area (Å²) in [6, 6.07) is 4.83. The van der Waals surface area contributed by atoms with E-state index in [1.54, 1.807) is 0 Å². The van der Waals surface area contributed by atoms with Crippen molar-refractivity contribution in [2.45, 2.75) is 6.18 Å². The lowest BCUT2D eigenvalue weighted by Crippen LogP contribution is -2.20. The lowest BCUT2D eigenvalue weighted by molar-refractivity contribution is -0.141. The molecule has 9 nitrogen and oxygen atoms in total. The number of nitrogens with one attached hydrogen (secondary N) is 2. The largest absolute Gasteiger partial charge is 0.478 e. The molecule has 164 valence electrons. The number of benzene rings is 1. The molecular formula is C18H9BrClF3N6O3. The number of halogens is 5. The number of nitrogens with zero attached hydrogens (tertiary/aromatic N) is 4. The zero-order chi connectivity index (χ0) is 23.2. The predicted octanol–water partition coefficient (Wildman–Crippen LogP) is 4.53. The number of carboxylic acids is 1. The van der Waals surface area contributed by atoms with Crippen molar-refractivity contribution in [1.29, 1.82) is 0 Å². The number of pyridine rings is 1. The number of aromatic nitrogens is 5. The molecule has 32 heavy (non-hydrogen) atoms. The number of amides is 1. The number of aromatic amines is 1. The molecule has 0 aliphatic heterocycles. The van der Waals surface area contributed by atoms with Gasteiger partial charge in [0.1, 0.15) is 11.3 Å². The highest BCUT2D eigenvalue weighted by Gasteiger charge is 2.37. The van der Waals surface area contributed by atoms with Crippen molar-refractivity contribution in [3.63, 3.8) is 0 Å². The van der Waals surface area contributed by atoms with Crippen LogP contribution >= 0.6 is 27.5 Å². The summed E-state index contributed by atoms with van der Waals surface area (Å²) < 4.78 is 40.7. The Labute approximate surface area is 189 Å². The molecule has 1 aromatic carbocycles. The second kappa shape index (κ2) is 7.91. The lowest BCUT2D eigenvalue weighted by Gasteiger charge is -2.13. The third kappa shape index (κ3) is 3.80. The zero-order valence-electron chi connectivity index (χ0n) is 15.4. The summed E-state index contributed by atoms with van der Waals surface area (Å²) in [7, 11) is 0. The summed E-state index contributed by atoms with van der Waals surface area (Å²) in [6.45, 7) is 0. The smallest absolute Gasteiger partial charge is 0.435 e. The van der Waals surface area contributed by atoms with Crippen LogP contribution in [0.4, 0.5) is 18.9 Å². The Morgan fingerprint density at radius 2 is 2.03 bits per heavy atom. The van der Waals surface area contributed by atoms with Crippen LogP contribution in [0.1, 0.15) is 26.5 Å². The van der Waals surface area contributed by atoms with Gasteiger partial charge in [-0.15, -0.1) is 0 Å². The van der Waals surface area contributed by atoms with E-state index in [1.165, 1.54) is 30.6 Å². The van der Waals surface area contributed by atoms with Crippen molar-refractivity contribution in [1.82, 2.24) is 25.0 Å². The first-order valence-electron chi connectivity index (χ1n) is 8.56. The summed E-state index contributed by atoms with van der Waals surface area (Å²) in [5.41, 5.74) is -2.32. The van der Waals surface area contributed by atoms with Crippen LogP contribution in [0.5, 0.6) is 0 Å². The van der Waals surface area contributed by atoms with Crippen LogP contribution in [0, 0.1) is 0 Å². The van der Waals surface area contributed by atoms with Gasteiger partial charge in [0.05, 0.1) is 22.4 Å². The van der Waals surface area contributed by atoms with Gasteiger partial charge in [-0.05, 0) is 34.1 Å². The first kappa shape index (κ1) is 21.8. The number of aromatic carboxylic acids is 1. The van der Waals surface area contributed by atoms with Crippen LogP contribution in [0.15, 0.2) is 41.1 Å². The molecular weight excluding hydrogens is 521 g/mol. The average Bonchev–Trinajstić information content (AvgIpc) is 3.35. The molecule has 1 amide bonds. The van der Waals surface area contributed by atoms with Crippen LogP contribution < -0.4 is 5.32 Å². The maximum Gasteiger partial charge on any atom is 0.435 e. The second-order valence-electron chi connectivity index (χ2n) is 6.34. The number of hydrogen-bond donors (Lipinski definition) is 3. The van der Waals surface area contributed by atoms with Crippen molar-refractivity contribution < 1.29 is 27.9 Å². The highest BCUT2D eigenvalue weighted by Crippen LogP contribution is 2.34. The van der Waals surface area contributed by atoms with E-state index in [0.29, 0.717) is 16.1 Å². The summed E-state index contributed by atoms with van der Waals surface area (Å²) >= 11 is 9.21. The first-order chi connectivity index (χ1) is 15.1. The minimum absolute atomic E-state index is 0.0512. The number of anilines is 1. The van der Waals surface area contributed by atoms with Crippen molar-refractivity contribution in [2.75, 3.05) is 5.32 Å². The zero-order valence-corrected chi connectivity index (χ0v) is 17.7. The fourth-order valence-electron chi connectivity index (χ4n) is 2.95. The monoisotopic (exact) mass is 528 g/mol. The topological polar surface area (TPSA) is 126 Å². The highest BCUT2D eigenvalue weighted by molar-refractivity contribution is 9.10. The second-order valence-corrected chi connectivity index (χ2v) is 7.60. The van der Waals surface area contributed by atoms with Gasteiger partial charge in [0.15, 0.2) is 11.5 Å². The molecule has 0 bridgehead atoms. The normalized spacial score (nSPS) is 11.7. The fourth-order valence-corrected chi connectivity index (χ4v) is 3.69. The van der Waals surface area contributed by atoms with Crippen LogP contribution in [0.3, 0.4) is 0 Å². The Bertz CT molecular complexity index is 1380. The fraction of sp³-hybridized carbons (Fsp3) is 0.0556. The molecule has 0 saturated carbocycles. The molecule has 14 heteroatoms. The van der Waals surface area contributed by atoms with Crippen molar-refractivity contribution in [3.05, 3.63) is 63.1 Å². The minimum atomic E-state index is -4.86. The molecule has 0 radical (unpaired) electrons. The van der Waals surface area contributed by atoms with Gasteiger partial charge in [-0.2, -0.15) is 23.4 Å². The predicted molar refractivity (Wildman–Crippen MR) is 110 cm³/mol. The van der Waals surface area contributed by atoms with Gasteiger partial charge in [-0.25, -0.2) is 14.5 Å². The SMILES string of the molecule is O=C(O)c1c(NC(=O)c2cc(C(F)(F)F)nn2-c2ncccc2Cl)c(Br)cc2cn[nH]c12. The van der Waals surface area contributed by atoms with E-state index < -0.39 is 29.4 Å². The molecule has 4 rings (SSSR count). The van der Waals surface area contributed by atoms with Crippen LogP contribution in [0.2, 0.25) is 5.02 Å². The average molecular weight is 530 g/mol. The van der Waals surface area contributed by atoms with E-state index in [0.717, 1.165) is 0 Å². The Kier molecular flexibility index (Phi) is 5.38. The van der Waals surface area contributed by atoms with Crippen molar-refractivity contribution in [3.8, 4) is 5.82 Å². The number of fused-ring (bicyclic) bond motifs is 1. The Balaban J connectivity index is 1.85. The van der Waals surface area contributed by atoms with Gasteiger partial charge >= 0.3 is 12.1 Å². The Morgan fingerprint density at radius 1 is 1.28 bits per heavy atom.